The zero-order chi connectivity index (χ0) is 18.7. The highest BCUT2D eigenvalue weighted by atomic mass is 16.5. The summed E-state index contributed by atoms with van der Waals surface area (Å²) in [5, 5.41) is 13.5. The van der Waals surface area contributed by atoms with Gasteiger partial charge in [0, 0.05) is 23.0 Å². The second kappa shape index (κ2) is 5.88. The highest BCUT2D eigenvalue weighted by Crippen LogP contribution is 2.46. The standard InChI is InChI=1S/C19H22N6O2/c1-10(2)17-18-21-22-23-24(18)9-15-16-12(8-14(25(15)17)19(26)27-3)11-6-4-5-7-13(11)20-16/h4-7,10,14-15,17,20H,8-9H2,1-3H3. The van der Waals surface area contributed by atoms with E-state index in [2.05, 4.69) is 51.4 Å². The van der Waals surface area contributed by atoms with Crippen molar-refractivity contribution in [2.24, 2.45) is 5.92 Å². The molecule has 27 heavy (non-hydrogen) atoms. The van der Waals surface area contributed by atoms with E-state index in [4.69, 9.17) is 4.74 Å². The zero-order valence-corrected chi connectivity index (χ0v) is 15.6. The Balaban J connectivity index is 1.74. The van der Waals surface area contributed by atoms with E-state index in [0.717, 1.165) is 17.0 Å². The largest absolute Gasteiger partial charge is 0.468 e. The Bertz CT molecular complexity index is 1020. The van der Waals surface area contributed by atoms with E-state index >= 15 is 0 Å². The van der Waals surface area contributed by atoms with Gasteiger partial charge < -0.3 is 9.72 Å². The van der Waals surface area contributed by atoms with E-state index in [9.17, 15) is 4.79 Å². The number of aromatic amines is 1. The number of para-hydroxylation sites is 1. The summed E-state index contributed by atoms with van der Waals surface area (Å²) in [6.45, 7) is 4.89. The van der Waals surface area contributed by atoms with Gasteiger partial charge in [0.1, 0.15) is 6.04 Å². The first-order valence-corrected chi connectivity index (χ1v) is 9.31. The molecule has 8 nitrogen and oxygen atoms in total. The first-order chi connectivity index (χ1) is 13.1. The lowest BCUT2D eigenvalue weighted by atomic mass is 9.85. The summed E-state index contributed by atoms with van der Waals surface area (Å²) >= 11 is 0. The predicted molar refractivity (Wildman–Crippen MR) is 97.8 cm³/mol. The molecule has 5 rings (SSSR count). The van der Waals surface area contributed by atoms with Crippen molar-refractivity contribution in [2.75, 3.05) is 7.11 Å². The monoisotopic (exact) mass is 366 g/mol. The molecule has 0 aliphatic carbocycles. The zero-order valence-electron chi connectivity index (χ0n) is 15.6. The summed E-state index contributed by atoms with van der Waals surface area (Å²) in [5.41, 5.74) is 3.45. The van der Waals surface area contributed by atoms with Crippen molar-refractivity contribution in [1.82, 2.24) is 30.1 Å². The van der Waals surface area contributed by atoms with Crippen LogP contribution >= 0.6 is 0 Å². The lowest BCUT2D eigenvalue weighted by molar-refractivity contribution is -0.152. The van der Waals surface area contributed by atoms with Gasteiger partial charge in [0.2, 0.25) is 0 Å². The van der Waals surface area contributed by atoms with Crippen LogP contribution in [0.1, 0.15) is 43.0 Å². The number of aromatic nitrogens is 5. The van der Waals surface area contributed by atoms with Crippen molar-refractivity contribution in [3.8, 4) is 0 Å². The first-order valence-electron chi connectivity index (χ1n) is 9.31. The number of ether oxygens (including phenoxy) is 1. The predicted octanol–water partition coefficient (Wildman–Crippen LogP) is 2.01. The molecule has 3 unspecified atom stereocenters. The molecule has 3 aromatic rings. The lowest BCUT2D eigenvalue weighted by Crippen LogP contribution is -2.55. The van der Waals surface area contributed by atoms with Crippen LogP contribution in [0.25, 0.3) is 10.9 Å². The van der Waals surface area contributed by atoms with Crippen molar-refractivity contribution in [2.45, 2.75) is 44.9 Å². The Morgan fingerprint density at radius 2 is 2.15 bits per heavy atom. The SMILES string of the molecule is COC(=O)C1Cc2c([nH]c3ccccc23)C2Cn3nnnc3C(C(C)C)N12. The van der Waals surface area contributed by atoms with E-state index in [0.29, 0.717) is 13.0 Å². The maximum absolute atomic E-state index is 12.8. The van der Waals surface area contributed by atoms with Crippen molar-refractivity contribution in [3.05, 3.63) is 41.3 Å². The van der Waals surface area contributed by atoms with Gasteiger partial charge in [0.25, 0.3) is 0 Å². The van der Waals surface area contributed by atoms with Crippen LogP contribution in [0.4, 0.5) is 0 Å². The van der Waals surface area contributed by atoms with Crippen LogP contribution in [-0.2, 0) is 22.5 Å². The Morgan fingerprint density at radius 1 is 1.33 bits per heavy atom. The van der Waals surface area contributed by atoms with Gasteiger partial charge in [0.15, 0.2) is 5.82 Å². The number of esters is 1. The molecule has 1 N–H and O–H groups in total. The molecule has 0 radical (unpaired) electrons. The normalized spacial score (nSPS) is 24.5. The number of hydrogen-bond acceptors (Lipinski definition) is 6. The van der Waals surface area contributed by atoms with Crippen molar-refractivity contribution in [3.63, 3.8) is 0 Å². The van der Waals surface area contributed by atoms with E-state index in [1.54, 1.807) is 0 Å². The minimum atomic E-state index is -0.357. The van der Waals surface area contributed by atoms with Gasteiger partial charge >= 0.3 is 5.97 Å². The first kappa shape index (κ1) is 16.4. The third-order valence-electron chi connectivity index (χ3n) is 5.89. The van der Waals surface area contributed by atoms with Gasteiger partial charge in [-0.05, 0) is 28.0 Å². The van der Waals surface area contributed by atoms with Crippen LogP contribution < -0.4 is 0 Å². The fraction of sp³-hybridized carbons (Fsp3) is 0.474. The molecule has 0 spiro atoms. The molecule has 0 amide bonds. The van der Waals surface area contributed by atoms with E-state index < -0.39 is 0 Å². The molecule has 2 aliphatic heterocycles. The van der Waals surface area contributed by atoms with Gasteiger partial charge in [-0.2, -0.15) is 0 Å². The number of carbonyl (C=O) groups excluding carboxylic acids is 1. The topological polar surface area (TPSA) is 88.9 Å². The quantitative estimate of drug-likeness (QED) is 0.698. The molecule has 0 saturated carbocycles. The lowest BCUT2D eigenvalue weighted by Gasteiger charge is -2.48. The summed E-state index contributed by atoms with van der Waals surface area (Å²) in [6, 6.07) is 7.83. The molecule has 1 aromatic carbocycles. The van der Waals surface area contributed by atoms with E-state index in [1.807, 2.05) is 16.8 Å². The van der Waals surface area contributed by atoms with Crippen molar-refractivity contribution < 1.29 is 9.53 Å². The summed E-state index contributed by atoms with van der Waals surface area (Å²) in [7, 11) is 1.46. The smallest absolute Gasteiger partial charge is 0.323 e. The molecule has 0 saturated heterocycles. The number of nitrogens with zero attached hydrogens (tertiary/aromatic N) is 5. The summed E-state index contributed by atoms with van der Waals surface area (Å²) in [4.78, 5) is 18.6. The van der Waals surface area contributed by atoms with Gasteiger partial charge in [0.05, 0.1) is 25.7 Å². The van der Waals surface area contributed by atoms with Crippen LogP contribution in [0.5, 0.6) is 0 Å². The summed E-state index contributed by atoms with van der Waals surface area (Å²) in [6.07, 6.45) is 0.618. The Hall–Kier alpha value is -2.74. The molecule has 0 bridgehead atoms. The molecule has 4 heterocycles. The van der Waals surface area contributed by atoms with Gasteiger partial charge in [-0.3, -0.25) is 9.69 Å². The highest BCUT2D eigenvalue weighted by Gasteiger charge is 2.49. The minimum Gasteiger partial charge on any atom is -0.468 e. The second-order valence-corrected chi connectivity index (χ2v) is 7.68. The van der Waals surface area contributed by atoms with Gasteiger partial charge in [-0.15, -0.1) is 5.10 Å². The molecule has 2 aromatic heterocycles. The number of tetrazole rings is 1. The van der Waals surface area contributed by atoms with Crippen LogP contribution in [0, 0.1) is 5.92 Å². The third kappa shape index (κ3) is 2.26. The van der Waals surface area contributed by atoms with Crippen LogP contribution in [-0.4, -0.2) is 49.2 Å². The van der Waals surface area contributed by atoms with Crippen molar-refractivity contribution in [1.29, 1.82) is 0 Å². The van der Waals surface area contributed by atoms with Crippen LogP contribution in [0.2, 0.25) is 0 Å². The van der Waals surface area contributed by atoms with E-state index in [-0.39, 0.29) is 30.0 Å². The number of rotatable bonds is 2. The molecule has 8 heteroatoms. The maximum atomic E-state index is 12.8. The summed E-state index contributed by atoms with van der Waals surface area (Å²) < 4.78 is 7.07. The Kier molecular flexibility index (Phi) is 3.58. The summed E-state index contributed by atoms with van der Waals surface area (Å²) in [5.74, 6) is 0.854. The number of hydrogen-bond donors (Lipinski definition) is 1. The fourth-order valence-electron chi connectivity index (χ4n) is 4.80. The molecular formula is C19H22N6O2. The van der Waals surface area contributed by atoms with E-state index in [1.165, 1.54) is 18.1 Å². The van der Waals surface area contributed by atoms with Crippen LogP contribution in [0.15, 0.2) is 24.3 Å². The maximum Gasteiger partial charge on any atom is 0.323 e. The number of H-pyrrole nitrogens is 1. The Morgan fingerprint density at radius 3 is 2.93 bits per heavy atom. The Labute approximate surface area is 156 Å². The minimum absolute atomic E-state index is 0.00588. The van der Waals surface area contributed by atoms with Crippen molar-refractivity contribution >= 4 is 16.9 Å². The van der Waals surface area contributed by atoms with Gasteiger partial charge in [-0.25, -0.2) is 4.68 Å². The number of benzene rings is 1. The number of fused-ring (bicyclic) bond motifs is 6. The average Bonchev–Trinajstić information content (AvgIpc) is 3.28. The molecule has 2 aliphatic rings. The molecule has 140 valence electrons. The number of methoxy groups -OCH3 is 1. The van der Waals surface area contributed by atoms with Crippen LogP contribution in [0.3, 0.4) is 0 Å². The molecule has 3 atom stereocenters. The fourth-order valence-corrected chi connectivity index (χ4v) is 4.80. The molecular weight excluding hydrogens is 344 g/mol. The third-order valence-corrected chi connectivity index (χ3v) is 5.89. The highest BCUT2D eigenvalue weighted by molar-refractivity contribution is 5.87. The number of nitrogens with one attached hydrogen (secondary N) is 1. The molecule has 0 fully saturated rings. The second-order valence-electron chi connectivity index (χ2n) is 7.68. The van der Waals surface area contributed by atoms with Gasteiger partial charge in [-0.1, -0.05) is 32.0 Å². The average molecular weight is 366 g/mol. The number of carbonyl (C=O) groups is 1.